The monoisotopic (exact) mass is 438 g/mol. The van der Waals surface area contributed by atoms with Crippen LogP contribution >= 0.6 is 35.3 Å². The zero-order valence-electron chi connectivity index (χ0n) is 14.5. The molecule has 2 N–H and O–H groups in total. The van der Waals surface area contributed by atoms with Crippen molar-refractivity contribution in [1.82, 2.24) is 15.5 Å². The number of rotatable bonds is 8. The van der Waals surface area contributed by atoms with Crippen LogP contribution in [0.2, 0.25) is 0 Å². The van der Waals surface area contributed by atoms with E-state index in [1.54, 1.807) is 11.3 Å². The highest BCUT2D eigenvalue weighted by Gasteiger charge is 2.18. The second kappa shape index (κ2) is 11.2. The molecule has 0 saturated heterocycles. The van der Waals surface area contributed by atoms with Crippen LogP contribution in [0.3, 0.4) is 0 Å². The molecular weight excluding hydrogens is 407 g/mol. The molecule has 0 aromatic carbocycles. The van der Waals surface area contributed by atoms with E-state index in [-0.39, 0.29) is 29.4 Å². The fraction of sp³-hybridized carbons (Fsp3) is 0.688. The Kier molecular flexibility index (Phi) is 11.1. The van der Waals surface area contributed by atoms with Crippen LogP contribution in [0.25, 0.3) is 0 Å². The molecule has 0 saturated carbocycles. The Balaban J connectivity index is 0.00000441. The quantitative estimate of drug-likeness (QED) is 0.373. The zero-order chi connectivity index (χ0) is 15.7. The zero-order valence-corrected chi connectivity index (χ0v) is 17.6. The Morgan fingerprint density at radius 1 is 1.32 bits per heavy atom. The van der Waals surface area contributed by atoms with Crippen molar-refractivity contribution in [3.63, 3.8) is 0 Å². The minimum Gasteiger partial charge on any atom is -0.357 e. The molecule has 128 valence electrons. The summed E-state index contributed by atoms with van der Waals surface area (Å²) < 4.78 is 0. The van der Waals surface area contributed by atoms with E-state index in [4.69, 9.17) is 4.99 Å². The number of hydrogen-bond acceptors (Lipinski definition) is 3. The summed E-state index contributed by atoms with van der Waals surface area (Å²) in [7, 11) is 4.21. The summed E-state index contributed by atoms with van der Waals surface area (Å²) in [6, 6.07) is 4.28. The number of hydrogen-bond donors (Lipinski definition) is 2. The molecule has 4 nitrogen and oxygen atoms in total. The topological polar surface area (TPSA) is 39.7 Å². The van der Waals surface area contributed by atoms with E-state index in [0.717, 1.165) is 38.6 Å². The first-order valence-electron chi connectivity index (χ1n) is 7.62. The van der Waals surface area contributed by atoms with Gasteiger partial charge in [-0.3, -0.25) is 4.99 Å². The molecule has 0 spiro atoms. The lowest BCUT2D eigenvalue weighted by Crippen LogP contribution is -2.40. The molecule has 6 heteroatoms. The number of halogens is 1. The van der Waals surface area contributed by atoms with Crippen molar-refractivity contribution < 1.29 is 0 Å². The van der Waals surface area contributed by atoms with Crippen molar-refractivity contribution in [2.75, 3.05) is 40.3 Å². The van der Waals surface area contributed by atoms with Crippen LogP contribution in [0.4, 0.5) is 0 Å². The van der Waals surface area contributed by atoms with Gasteiger partial charge in [0.15, 0.2) is 5.96 Å². The lowest BCUT2D eigenvalue weighted by molar-refractivity contribution is 0.248. The van der Waals surface area contributed by atoms with Gasteiger partial charge in [0, 0.05) is 31.1 Å². The summed E-state index contributed by atoms with van der Waals surface area (Å²) in [6.45, 7) is 10.3. The summed E-state index contributed by atoms with van der Waals surface area (Å²) in [5, 5.41) is 8.86. The first-order valence-corrected chi connectivity index (χ1v) is 8.50. The van der Waals surface area contributed by atoms with E-state index >= 15 is 0 Å². The van der Waals surface area contributed by atoms with Crippen LogP contribution in [0.5, 0.6) is 0 Å². The summed E-state index contributed by atoms with van der Waals surface area (Å²) >= 11 is 1.81. The van der Waals surface area contributed by atoms with Gasteiger partial charge in [0.25, 0.3) is 0 Å². The Labute approximate surface area is 156 Å². The maximum Gasteiger partial charge on any atom is 0.191 e. The van der Waals surface area contributed by atoms with Crippen molar-refractivity contribution in [2.45, 2.75) is 27.2 Å². The largest absolute Gasteiger partial charge is 0.357 e. The van der Waals surface area contributed by atoms with Crippen molar-refractivity contribution in [3.05, 3.63) is 22.4 Å². The average molecular weight is 438 g/mol. The molecule has 1 aromatic rings. The van der Waals surface area contributed by atoms with E-state index in [0.29, 0.717) is 0 Å². The maximum atomic E-state index is 4.73. The second-order valence-corrected chi connectivity index (χ2v) is 7.39. The molecule has 1 rings (SSSR count). The van der Waals surface area contributed by atoms with Gasteiger partial charge in [-0.2, -0.15) is 0 Å². The summed E-state index contributed by atoms with van der Waals surface area (Å²) in [6.07, 6.45) is 1.04. The minimum absolute atomic E-state index is 0. The number of nitrogens with zero attached hydrogens (tertiary/aromatic N) is 2. The molecule has 0 radical (unpaired) electrons. The van der Waals surface area contributed by atoms with E-state index in [9.17, 15) is 0 Å². The SMILES string of the molecule is CCNC(=NCC(C)(C)CN(C)C)NCCc1cccs1.I. The molecule has 1 aromatic heterocycles. The molecular formula is C16H31IN4S. The molecule has 0 unspecified atom stereocenters. The highest BCUT2D eigenvalue weighted by Crippen LogP contribution is 2.16. The van der Waals surface area contributed by atoms with Crippen molar-refractivity contribution >= 4 is 41.3 Å². The average Bonchev–Trinajstić information content (AvgIpc) is 2.87. The predicted molar refractivity (Wildman–Crippen MR) is 110 cm³/mol. The van der Waals surface area contributed by atoms with Gasteiger partial charge in [-0.1, -0.05) is 19.9 Å². The van der Waals surface area contributed by atoms with Crippen LogP contribution in [-0.2, 0) is 6.42 Å². The number of thiophene rings is 1. The molecule has 0 atom stereocenters. The molecule has 0 aliphatic carbocycles. The van der Waals surface area contributed by atoms with Crippen molar-refractivity contribution in [1.29, 1.82) is 0 Å². The van der Waals surface area contributed by atoms with Gasteiger partial charge >= 0.3 is 0 Å². The van der Waals surface area contributed by atoms with Crippen LogP contribution in [0.15, 0.2) is 22.5 Å². The van der Waals surface area contributed by atoms with Crippen LogP contribution in [0, 0.1) is 5.41 Å². The van der Waals surface area contributed by atoms with Crippen LogP contribution in [0.1, 0.15) is 25.6 Å². The van der Waals surface area contributed by atoms with Crippen molar-refractivity contribution in [3.8, 4) is 0 Å². The Morgan fingerprint density at radius 3 is 2.59 bits per heavy atom. The first-order chi connectivity index (χ1) is 9.93. The van der Waals surface area contributed by atoms with Gasteiger partial charge in [-0.05, 0) is 44.3 Å². The maximum absolute atomic E-state index is 4.73. The lowest BCUT2D eigenvalue weighted by atomic mass is 9.93. The Bertz CT molecular complexity index is 416. The third-order valence-corrected chi connectivity index (χ3v) is 3.93. The van der Waals surface area contributed by atoms with Crippen LogP contribution in [-0.4, -0.2) is 51.1 Å². The summed E-state index contributed by atoms with van der Waals surface area (Å²) in [5.74, 6) is 0.917. The molecule has 1 heterocycles. The summed E-state index contributed by atoms with van der Waals surface area (Å²) in [5.41, 5.74) is 0.180. The fourth-order valence-electron chi connectivity index (χ4n) is 2.30. The van der Waals surface area contributed by atoms with Gasteiger partial charge in [0.2, 0.25) is 0 Å². The Hall–Kier alpha value is -0.340. The number of nitrogens with one attached hydrogen (secondary N) is 2. The van der Waals surface area contributed by atoms with E-state index in [1.807, 2.05) is 0 Å². The van der Waals surface area contributed by atoms with Crippen molar-refractivity contribution in [2.24, 2.45) is 10.4 Å². The Morgan fingerprint density at radius 2 is 2.05 bits per heavy atom. The van der Waals surface area contributed by atoms with Crippen LogP contribution < -0.4 is 10.6 Å². The number of guanidine groups is 1. The molecule has 0 aliphatic rings. The third kappa shape index (κ3) is 9.63. The van der Waals surface area contributed by atoms with Gasteiger partial charge in [0.05, 0.1) is 0 Å². The van der Waals surface area contributed by atoms with Gasteiger partial charge in [-0.25, -0.2) is 0 Å². The first kappa shape index (κ1) is 21.7. The molecule has 0 amide bonds. The third-order valence-electron chi connectivity index (χ3n) is 3.00. The van der Waals surface area contributed by atoms with Gasteiger partial charge in [-0.15, -0.1) is 35.3 Å². The highest BCUT2D eigenvalue weighted by molar-refractivity contribution is 14.0. The smallest absolute Gasteiger partial charge is 0.191 e. The fourth-order valence-corrected chi connectivity index (χ4v) is 3.01. The minimum atomic E-state index is 0. The second-order valence-electron chi connectivity index (χ2n) is 6.35. The standard InChI is InChI=1S/C16H30N4S.HI/c1-6-17-15(18-10-9-14-8-7-11-21-14)19-12-16(2,3)13-20(4)5;/h7-8,11H,6,9-10,12-13H2,1-5H3,(H2,17,18,19);1H. The molecule has 0 aliphatic heterocycles. The van der Waals surface area contributed by atoms with Gasteiger partial charge in [0.1, 0.15) is 0 Å². The lowest BCUT2D eigenvalue weighted by Gasteiger charge is -2.26. The normalized spacial score (nSPS) is 12.2. The van der Waals surface area contributed by atoms with Gasteiger partial charge < -0.3 is 15.5 Å². The molecule has 22 heavy (non-hydrogen) atoms. The van der Waals surface area contributed by atoms with E-state index in [2.05, 4.69) is 67.9 Å². The molecule has 0 fully saturated rings. The highest BCUT2D eigenvalue weighted by atomic mass is 127. The summed E-state index contributed by atoms with van der Waals surface area (Å²) in [4.78, 5) is 8.35. The predicted octanol–water partition coefficient (Wildman–Crippen LogP) is 3.05. The molecule has 0 bridgehead atoms. The van der Waals surface area contributed by atoms with E-state index in [1.165, 1.54) is 4.88 Å². The number of aliphatic imine (C=N–C) groups is 1. The van der Waals surface area contributed by atoms with E-state index < -0.39 is 0 Å².